The molecule has 0 bridgehead atoms. The van der Waals surface area contributed by atoms with Crippen molar-refractivity contribution in [2.45, 2.75) is 25.9 Å². The number of hydrogen-bond acceptors (Lipinski definition) is 3. The van der Waals surface area contributed by atoms with Crippen molar-refractivity contribution in [1.82, 2.24) is 4.98 Å². The molecule has 0 aliphatic rings. The summed E-state index contributed by atoms with van der Waals surface area (Å²) in [5.41, 5.74) is 2.14. The molecule has 0 spiro atoms. The van der Waals surface area contributed by atoms with Gasteiger partial charge in [0.15, 0.2) is 0 Å². The maximum absolute atomic E-state index is 9.56. The molecule has 2 nitrogen and oxygen atoms in total. The van der Waals surface area contributed by atoms with Crippen LogP contribution in [0.25, 0.3) is 11.3 Å². The number of aliphatic hydroxyl groups is 1. The SMILES string of the molecule is CCC(O)Cc1nc(-c2ccccc2)cs1. The van der Waals surface area contributed by atoms with Crippen LogP contribution < -0.4 is 0 Å². The van der Waals surface area contributed by atoms with Crippen LogP contribution in [0.15, 0.2) is 35.7 Å². The van der Waals surface area contributed by atoms with E-state index in [1.165, 1.54) is 0 Å². The molecule has 0 aliphatic carbocycles. The largest absolute Gasteiger partial charge is 0.393 e. The second-order valence-corrected chi connectivity index (χ2v) is 4.70. The van der Waals surface area contributed by atoms with Crippen LogP contribution in [0.3, 0.4) is 0 Å². The van der Waals surface area contributed by atoms with Crippen molar-refractivity contribution in [3.63, 3.8) is 0 Å². The summed E-state index contributed by atoms with van der Waals surface area (Å²) in [6.45, 7) is 1.98. The summed E-state index contributed by atoms with van der Waals surface area (Å²) in [5.74, 6) is 0. The molecule has 0 saturated heterocycles. The number of rotatable bonds is 4. The van der Waals surface area contributed by atoms with E-state index >= 15 is 0 Å². The van der Waals surface area contributed by atoms with Gasteiger partial charge in [0.1, 0.15) is 0 Å². The third-order valence-corrected chi connectivity index (χ3v) is 3.37. The normalized spacial score (nSPS) is 12.6. The summed E-state index contributed by atoms with van der Waals surface area (Å²) in [6.07, 6.45) is 1.17. The van der Waals surface area contributed by atoms with E-state index in [-0.39, 0.29) is 6.10 Å². The Kier molecular flexibility index (Phi) is 3.70. The molecule has 0 saturated carbocycles. The van der Waals surface area contributed by atoms with E-state index in [1.807, 2.05) is 30.5 Å². The Balaban J connectivity index is 2.14. The molecule has 0 radical (unpaired) electrons. The molecule has 0 amide bonds. The van der Waals surface area contributed by atoms with Gasteiger partial charge in [-0.25, -0.2) is 4.98 Å². The molecule has 1 atom stereocenters. The molecule has 2 aromatic rings. The van der Waals surface area contributed by atoms with Crippen LogP contribution in [0.2, 0.25) is 0 Å². The summed E-state index contributed by atoms with van der Waals surface area (Å²) in [7, 11) is 0. The smallest absolute Gasteiger partial charge is 0.0958 e. The molecule has 84 valence electrons. The van der Waals surface area contributed by atoms with Gasteiger partial charge in [-0.05, 0) is 6.42 Å². The average molecular weight is 233 g/mol. The van der Waals surface area contributed by atoms with Gasteiger partial charge in [-0.2, -0.15) is 0 Å². The van der Waals surface area contributed by atoms with E-state index in [2.05, 4.69) is 17.1 Å². The summed E-state index contributed by atoms with van der Waals surface area (Å²) in [5, 5.41) is 12.6. The molecule has 1 aromatic carbocycles. The van der Waals surface area contributed by atoms with Gasteiger partial charge in [0.2, 0.25) is 0 Å². The standard InChI is InChI=1S/C13H15NOS/c1-2-11(15)8-13-14-12(9-16-13)10-6-4-3-5-7-10/h3-7,9,11,15H,2,8H2,1H3. The molecule has 16 heavy (non-hydrogen) atoms. The van der Waals surface area contributed by atoms with Gasteiger partial charge in [0, 0.05) is 17.4 Å². The van der Waals surface area contributed by atoms with Gasteiger partial charge in [-0.3, -0.25) is 0 Å². The summed E-state index contributed by atoms with van der Waals surface area (Å²) >= 11 is 1.62. The van der Waals surface area contributed by atoms with Crippen LogP contribution in [-0.2, 0) is 6.42 Å². The minimum atomic E-state index is -0.269. The number of thiazole rings is 1. The molecule has 2 rings (SSSR count). The number of aromatic nitrogens is 1. The first-order chi connectivity index (χ1) is 7.79. The van der Waals surface area contributed by atoms with Crippen LogP contribution in [0, 0.1) is 0 Å². The van der Waals surface area contributed by atoms with Crippen molar-refractivity contribution in [3.05, 3.63) is 40.7 Å². The zero-order valence-electron chi connectivity index (χ0n) is 9.26. The van der Waals surface area contributed by atoms with Gasteiger partial charge in [0.05, 0.1) is 16.8 Å². The summed E-state index contributed by atoms with van der Waals surface area (Å²) < 4.78 is 0. The van der Waals surface area contributed by atoms with Crippen LogP contribution in [0.4, 0.5) is 0 Å². The number of nitrogens with zero attached hydrogens (tertiary/aromatic N) is 1. The van der Waals surface area contributed by atoms with E-state index in [9.17, 15) is 5.11 Å². The monoisotopic (exact) mass is 233 g/mol. The number of hydrogen-bond donors (Lipinski definition) is 1. The lowest BCUT2D eigenvalue weighted by atomic mass is 10.2. The first kappa shape index (κ1) is 11.3. The van der Waals surface area contributed by atoms with Crippen LogP contribution in [0.1, 0.15) is 18.4 Å². The summed E-state index contributed by atoms with van der Waals surface area (Å²) in [6, 6.07) is 10.1. The lowest BCUT2D eigenvalue weighted by Crippen LogP contribution is -2.07. The third kappa shape index (κ3) is 2.68. The molecule has 1 N–H and O–H groups in total. The maximum atomic E-state index is 9.56. The fourth-order valence-electron chi connectivity index (χ4n) is 1.49. The van der Waals surface area contributed by atoms with Gasteiger partial charge in [-0.15, -0.1) is 11.3 Å². The van der Waals surface area contributed by atoms with Crippen molar-refractivity contribution in [2.75, 3.05) is 0 Å². The second-order valence-electron chi connectivity index (χ2n) is 3.76. The Bertz CT molecular complexity index is 438. The Morgan fingerprint density at radius 2 is 2.06 bits per heavy atom. The van der Waals surface area contributed by atoms with Crippen molar-refractivity contribution in [2.24, 2.45) is 0 Å². The Hall–Kier alpha value is -1.19. The fraction of sp³-hybridized carbons (Fsp3) is 0.308. The van der Waals surface area contributed by atoms with Crippen LogP contribution >= 0.6 is 11.3 Å². The molecule has 1 unspecified atom stereocenters. The Labute approximate surface area is 99.6 Å². The highest BCUT2D eigenvalue weighted by Gasteiger charge is 2.08. The highest BCUT2D eigenvalue weighted by molar-refractivity contribution is 7.09. The highest BCUT2D eigenvalue weighted by Crippen LogP contribution is 2.22. The molecule has 0 fully saturated rings. The van der Waals surface area contributed by atoms with Gasteiger partial charge >= 0.3 is 0 Å². The minimum Gasteiger partial charge on any atom is -0.393 e. The van der Waals surface area contributed by atoms with Crippen molar-refractivity contribution < 1.29 is 5.11 Å². The zero-order chi connectivity index (χ0) is 11.4. The maximum Gasteiger partial charge on any atom is 0.0958 e. The topological polar surface area (TPSA) is 33.1 Å². The van der Waals surface area contributed by atoms with E-state index in [0.717, 1.165) is 22.7 Å². The lowest BCUT2D eigenvalue weighted by Gasteiger charge is -2.03. The van der Waals surface area contributed by atoms with Crippen LogP contribution in [-0.4, -0.2) is 16.2 Å². The highest BCUT2D eigenvalue weighted by atomic mass is 32.1. The van der Waals surface area contributed by atoms with E-state index in [1.54, 1.807) is 11.3 Å². The van der Waals surface area contributed by atoms with E-state index in [4.69, 9.17) is 0 Å². The van der Waals surface area contributed by atoms with Crippen molar-refractivity contribution in [1.29, 1.82) is 0 Å². The van der Waals surface area contributed by atoms with Gasteiger partial charge in [0.25, 0.3) is 0 Å². The Morgan fingerprint density at radius 3 is 2.75 bits per heavy atom. The molecule has 3 heteroatoms. The number of aliphatic hydroxyl groups excluding tert-OH is 1. The fourth-order valence-corrected chi connectivity index (χ4v) is 2.37. The Morgan fingerprint density at radius 1 is 1.31 bits per heavy atom. The first-order valence-corrected chi connectivity index (χ1v) is 6.35. The predicted molar refractivity (Wildman–Crippen MR) is 67.6 cm³/mol. The third-order valence-electron chi connectivity index (χ3n) is 2.50. The quantitative estimate of drug-likeness (QED) is 0.880. The van der Waals surface area contributed by atoms with E-state index in [0.29, 0.717) is 6.42 Å². The summed E-state index contributed by atoms with van der Waals surface area (Å²) in [4.78, 5) is 4.53. The molecule has 1 heterocycles. The predicted octanol–water partition coefficient (Wildman–Crippen LogP) is 3.12. The van der Waals surface area contributed by atoms with Gasteiger partial charge < -0.3 is 5.11 Å². The van der Waals surface area contributed by atoms with E-state index < -0.39 is 0 Å². The van der Waals surface area contributed by atoms with Crippen molar-refractivity contribution in [3.8, 4) is 11.3 Å². The molecular weight excluding hydrogens is 218 g/mol. The molecule has 1 aromatic heterocycles. The van der Waals surface area contributed by atoms with Gasteiger partial charge in [-0.1, -0.05) is 37.3 Å². The number of benzene rings is 1. The second kappa shape index (κ2) is 5.23. The minimum absolute atomic E-state index is 0.269. The lowest BCUT2D eigenvalue weighted by molar-refractivity contribution is 0.170. The van der Waals surface area contributed by atoms with Crippen molar-refractivity contribution >= 4 is 11.3 Å². The average Bonchev–Trinajstić information content (AvgIpc) is 2.78. The van der Waals surface area contributed by atoms with Crippen LogP contribution in [0.5, 0.6) is 0 Å². The first-order valence-electron chi connectivity index (χ1n) is 5.47. The molecule has 0 aliphatic heterocycles. The zero-order valence-corrected chi connectivity index (χ0v) is 10.1. The molecular formula is C13H15NOS.